The molecule has 3 aromatic rings. The molecule has 0 aliphatic heterocycles. The van der Waals surface area contributed by atoms with Gasteiger partial charge in [-0.25, -0.2) is 10.2 Å². The predicted octanol–water partition coefficient (Wildman–Crippen LogP) is 3.76. The minimum Gasteiger partial charge on any atom is -0.481 e. The number of benzene rings is 3. The van der Waals surface area contributed by atoms with Crippen molar-refractivity contribution in [2.24, 2.45) is 5.10 Å². The quantitative estimate of drug-likeness (QED) is 0.432. The lowest BCUT2D eigenvalue weighted by Crippen LogP contribution is -2.20. The number of hydrogen-bond donors (Lipinski definition) is 2. The lowest BCUT2D eigenvalue weighted by molar-refractivity contribution is -0.139. The van der Waals surface area contributed by atoms with Crippen molar-refractivity contribution in [1.82, 2.24) is 5.43 Å². The van der Waals surface area contributed by atoms with Gasteiger partial charge in [0.2, 0.25) is 5.91 Å². The van der Waals surface area contributed by atoms with E-state index in [9.17, 15) is 9.59 Å². The number of carbonyl (C=O) groups is 2. The molecule has 0 aliphatic rings. The molecule has 0 unspecified atom stereocenters. The third-order valence-corrected chi connectivity index (χ3v) is 4.67. The Balaban J connectivity index is 1.67. The van der Waals surface area contributed by atoms with Crippen LogP contribution >= 0.6 is 15.9 Å². The number of nitrogens with zero attached hydrogens (tertiary/aromatic N) is 1. The second-order valence-electron chi connectivity index (χ2n) is 5.94. The molecular weight excluding hydrogens is 424 g/mol. The first-order valence-electron chi connectivity index (χ1n) is 8.46. The summed E-state index contributed by atoms with van der Waals surface area (Å²) in [6, 6.07) is 18.5. The lowest BCUT2D eigenvalue weighted by atomic mass is 10.0. The molecule has 2 N–H and O–H groups in total. The van der Waals surface area contributed by atoms with E-state index in [0.717, 1.165) is 20.8 Å². The largest absolute Gasteiger partial charge is 0.481 e. The van der Waals surface area contributed by atoms with Gasteiger partial charge in [0.25, 0.3) is 0 Å². The van der Waals surface area contributed by atoms with Crippen LogP contribution in [0.3, 0.4) is 0 Å². The lowest BCUT2D eigenvalue weighted by Gasteiger charge is -2.08. The first kappa shape index (κ1) is 19.6. The number of halogens is 1. The van der Waals surface area contributed by atoms with Gasteiger partial charge in [-0.15, -0.1) is 0 Å². The zero-order valence-corrected chi connectivity index (χ0v) is 16.3. The van der Waals surface area contributed by atoms with E-state index in [2.05, 4.69) is 26.5 Å². The fourth-order valence-corrected chi connectivity index (χ4v) is 3.20. The van der Waals surface area contributed by atoms with Crippen molar-refractivity contribution in [3.8, 4) is 5.75 Å². The van der Waals surface area contributed by atoms with Gasteiger partial charge < -0.3 is 9.84 Å². The van der Waals surface area contributed by atoms with Gasteiger partial charge in [-0.1, -0.05) is 58.4 Å². The van der Waals surface area contributed by atoms with Crippen molar-refractivity contribution in [1.29, 1.82) is 0 Å². The van der Waals surface area contributed by atoms with Gasteiger partial charge in [-0.3, -0.25) is 4.79 Å². The van der Waals surface area contributed by atoms with E-state index in [1.165, 1.54) is 6.21 Å². The van der Waals surface area contributed by atoms with E-state index >= 15 is 0 Å². The molecule has 142 valence electrons. The number of ether oxygens (including phenoxy) is 1. The van der Waals surface area contributed by atoms with Crippen LogP contribution < -0.4 is 10.2 Å². The summed E-state index contributed by atoms with van der Waals surface area (Å²) in [5.41, 5.74) is 3.97. The van der Waals surface area contributed by atoms with Gasteiger partial charge in [-0.05, 0) is 34.5 Å². The topological polar surface area (TPSA) is 88.0 Å². The van der Waals surface area contributed by atoms with Crippen LogP contribution in [0.1, 0.15) is 11.1 Å². The third kappa shape index (κ3) is 4.95. The first-order valence-corrected chi connectivity index (χ1v) is 9.25. The van der Waals surface area contributed by atoms with Gasteiger partial charge in [0.15, 0.2) is 6.61 Å². The summed E-state index contributed by atoms with van der Waals surface area (Å²) in [6.45, 7) is -0.451. The van der Waals surface area contributed by atoms with E-state index in [0.29, 0.717) is 11.3 Å². The van der Waals surface area contributed by atoms with Gasteiger partial charge in [0.05, 0.1) is 12.6 Å². The molecule has 28 heavy (non-hydrogen) atoms. The van der Waals surface area contributed by atoms with Crippen molar-refractivity contribution in [3.63, 3.8) is 0 Å². The first-order chi connectivity index (χ1) is 13.5. The van der Waals surface area contributed by atoms with Crippen LogP contribution in [0.2, 0.25) is 0 Å². The summed E-state index contributed by atoms with van der Waals surface area (Å²) < 4.78 is 6.18. The second-order valence-corrected chi connectivity index (χ2v) is 6.80. The maximum atomic E-state index is 12.3. The zero-order chi connectivity index (χ0) is 19.9. The number of carboxylic acid groups (broad SMARTS) is 1. The monoisotopic (exact) mass is 440 g/mol. The molecule has 3 aromatic carbocycles. The second kappa shape index (κ2) is 9.14. The average molecular weight is 441 g/mol. The van der Waals surface area contributed by atoms with Crippen molar-refractivity contribution in [3.05, 3.63) is 76.3 Å². The van der Waals surface area contributed by atoms with Crippen LogP contribution in [0.4, 0.5) is 0 Å². The summed E-state index contributed by atoms with van der Waals surface area (Å²) in [4.78, 5) is 22.9. The summed E-state index contributed by atoms with van der Waals surface area (Å²) >= 11 is 3.52. The Morgan fingerprint density at radius 1 is 1.04 bits per heavy atom. The Hall–Kier alpha value is -3.19. The Morgan fingerprint density at radius 3 is 2.54 bits per heavy atom. The molecular formula is C21H17BrN2O4. The van der Waals surface area contributed by atoms with Gasteiger partial charge >= 0.3 is 5.97 Å². The van der Waals surface area contributed by atoms with Crippen molar-refractivity contribution in [2.45, 2.75) is 6.42 Å². The average Bonchev–Trinajstić information content (AvgIpc) is 2.69. The number of hydrazone groups is 1. The maximum absolute atomic E-state index is 12.3. The summed E-state index contributed by atoms with van der Waals surface area (Å²) in [6.07, 6.45) is 1.61. The predicted molar refractivity (Wildman–Crippen MR) is 111 cm³/mol. The minimum absolute atomic E-state index is 0.183. The Labute approximate surface area is 170 Å². The molecule has 0 heterocycles. The molecule has 0 aliphatic carbocycles. The number of fused-ring (bicyclic) bond motifs is 1. The minimum atomic E-state index is -1.07. The number of carbonyl (C=O) groups excluding carboxylic acids is 1. The van der Waals surface area contributed by atoms with Crippen LogP contribution in [-0.2, 0) is 16.0 Å². The number of hydrogen-bond acceptors (Lipinski definition) is 4. The van der Waals surface area contributed by atoms with E-state index in [1.54, 1.807) is 24.3 Å². The van der Waals surface area contributed by atoms with Crippen molar-refractivity contribution >= 4 is 44.8 Å². The molecule has 0 saturated carbocycles. The highest BCUT2D eigenvalue weighted by molar-refractivity contribution is 9.10. The van der Waals surface area contributed by atoms with Crippen LogP contribution in [-0.4, -0.2) is 29.8 Å². The normalized spacial score (nSPS) is 10.9. The van der Waals surface area contributed by atoms with Crippen LogP contribution in [0, 0.1) is 0 Å². The molecule has 0 fully saturated rings. The molecule has 1 amide bonds. The summed E-state index contributed by atoms with van der Waals surface area (Å²) in [5, 5.41) is 14.7. The molecule has 0 saturated heterocycles. The maximum Gasteiger partial charge on any atom is 0.341 e. The van der Waals surface area contributed by atoms with Gasteiger partial charge in [0.1, 0.15) is 5.75 Å². The van der Waals surface area contributed by atoms with Crippen LogP contribution in [0.25, 0.3) is 10.8 Å². The number of nitrogens with one attached hydrogen (secondary N) is 1. The fourth-order valence-electron chi connectivity index (χ4n) is 2.72. The molecule has 6 nitrogen and oxygen atoms in total. The molecule has 0 spiro atoms. The molecule has 3 rings (SSSR count). The highest BCUT2D eigenvalue weighted by atomic mass is 79.9. The molecule has 0 aromatic heterocycles. The van der Waals surface area contributed by atoms with E-state index in [4.69, 9.17) is 9.84 Å². The highest BCUT2D eigenvalue weighted by Gasteiger charge is 2.08. The number of para-hydroxylation sites is 1. The Morgan fingerprint density at radius 2 is 1.75 bits per heavy atom. The van der Waals surface area contributed by atoms with Crippen LogP contribution in [0.15, 0.2) is 70.2 Å². The SMILES string of the molecule is O=C(O)COc1ccccc1/C=N/NC(=O)Cc1ccc(Br)c2ccccc12. The fraction of sp³-hybridized carbons (Fsp3) is 0.0952. The summed E-state index contributed by atoms with van der Waals surface area (Å²) in [7, 11) is 0. The van der Waals surface area contributed by atoms with Crippen molar-refractivity contribution in [2.75, 3.05) is 6.61 Å². The van der Waals surface area contributed by atoms with E-state index in [-0.39, 0.29) is 12.3 Å². The number of carboxylic acids is 1. The van der Waals surface area contributed by atoms with E-state index < -0.39 is 12.6 Å². The molecule has 0 atom stereocenters. The molecule has 0 radical (unpaired) electrons. The third-order valence-electron chi connectivity index (χ3n) is 3.98. The molecule has 7 heteroatoms. The number of rotatable bonds is 7. The summed E-state index contributed by atoms with van der Waals surface area (Å²) in [5.74, 6) is -0.948. The Bertz CT molecular complexity index is 1050. The Kier molecular flexibility index (Phi) is 6.39. The standard InChI is InChI=1S/C21H17BrN2O4/c22-18-10-9-14(16-6-2-3-7-17(16)18)11-20(25)24-23-12-15-5-1-4-8-19(15)28-13-21(26)27/h1-10,12H,11,13H2,(H,24,25)(H,26,27)/b23-12+. The van der Waals surface area contributed by atoms with Gasteiger partial charge in [-0.2, -0.15) is 5.10 Å². The smallest absolute Gasteiger partial charge is 0.341 e. The highest BCUT2D eigenvalue weighted by Crippen LogP contribution is 2.27. The number of aliphatic carboxylic acids is 1. The van der Waals surface area contributed by atoms with E-state index in [1.807, 2.05) is 36.4 Å². The van der Waals surface area contributed by atoms with Crippen LogP contribution in [0.5, 0.6) is 5.75 Å². The zero-order valence-electron chi connectivity index (χ0n) is 14.8. The number of amides is 1. The van der Waals surface area contributed by atoms with Crippen molar-refractivity contribution < 1.29 is 19.4 Å². The molecule has 0 bridgehead atoms. The van der Waals surface area contributed by atoms with Gasteiger partial charge in [0, 0.05) is 10.0 Å².